The van der Waals surface area contributed by atoms with Crippen LogP contribution in [-0.2, 0) is 4.79 Å². The smallest absolute Gasteiger partial charge is 0.241 e. The Morgan fingerprint density at radius 3 is 2.70 bits per heavy atom. The molecular weight excluding hydrogens is 276 g/mol. The summed E-state index contributed by atoms with van der Waals surface area (Å²) in [6.07, 6.45) is 4.84. The largest absolute Gasteiger partial charge is 0.361 e. The van der Waals surface area contributed by atoms with E-state index in [1.54, 1.807) is 0 Å². The Bertz CT molecular complexity index is 472. The van der Waals surface area contributed by atoms with Gasteiger partial charge in [-0.2, -0.15) is 0 Å². The Morgan fingerprint density at radius 1 is 1.35 bits per heavy atom. The summed E-state index contributed by atoms with van der Waals surface area (Å²) in [6, 6.07) is 0. The maximum Gasteiger partial charge on any atom is 0.241 e. The van der Waals surface area contributed by atoms with Gasteiger partial charge in [-0.3, -0.25) is 4.79 Å². The molecule has 0 atom stereocenters. The maximum atomic E-state index is 12.1. The van der Waals surface area contributed by atoms with E-state index in [2.05, 4.69) is 15.3 Å². The number of hydrogen-bond acceptors (Lipinski definition) is 4. The number of likely N-dealkylation sites (tertiary alicyclic amines) is 1. The van der Waals surface area contributed by atoms with Gasteiger partial charge in [0, 0.05) is 18.7 Å². The number of anilines is 1. The first kappa shape index (κ1) is 15.0. The number of piperidine rings is 1. The summed E-state index contributed by atoms with van der Waals surface area (Å²) >= 11 is 6.10. The molecule has 1 aromatic heterocycles. The molecule has 0 unspecified atom stereocenters. The second-order valence-electron chi connectivity index (χ2n) is 5.38. The molecule has 1 aliphatic rings. The van der Waals surface area contributed by atoms with E-state index >= 15 is 0 Å². The Hall–Kier alpha value is -1.36. The van der Waals surface area contributed by atoms with Gasteiger partial charge in [0.15, 0.2) is 0 Å². The van der Waals surface area contributed by atoms with Gasteiger partial charge in [0.05, 0.1) is 6.54 Å². The standard InChI is InChI=1S/C14H21ClN4O/c1-10(2)12-13(15)17-9-18-14(12)16-8-11(20)19-6-4-3-5-7-19/h9-10H,3-8H2,1-2H3,(H,16,17,18). The molecule has 110 valence electrons. The predicted molar refractivity (Wildman–Crippen MR) is 80.1 cm³/mol. The van der Waals surface area contributed by atoms with E-state index in [4.69, 9.17) is 11.6 Å². The Morgan fingerprint density at radius 2 is 2.05 bits per heavy atom. The number of nitrogens with zero attached hydrogens (tertiary/aromatic N) is 3. The number of halogens is 1. The van der Waals surface area contributed by atoms with E-state index in [9.17, 15) is 4.79 Å². The molecule has 20 heavy (non-hydrogen) atoms. The highest BCUT2D eigenvalue weighted by Gasteiger charge is 2.18. The SMILES string of the molecule is CC(C)c1c(Cl)ncnc1NCC(=O)N1CCCCC1. The third-order valence-electron chi connectivity index (χ3n) is 3.53. The average molecular weight is 297 g/mol. The molecule has 1 saturated heterocycles. The third kappa shape index (κ3) is 3.60. The maximum absolute atomic E-state index is 12.1. The van der Waals surface area contributed by atoms with Crippen LogP contribution in [0.3, 0.4) is 0 Å². The number of aromatic nitrogens is 2. The van der Waals surface area contributed by atoms with E-state index in [1.807, 2.05) is 18.7 Å². The topological polar surface area (TPSA) is 58.1 Å². The Balaban J connectivity index is 2.00. The summed E-state index contributed by atoms with van der Waals surface area (Å²) in [5.41, 5.74) is 0.862. The second kappa shape index (κ2) is 6.88. The number of carbonyl (C=O) groups excluding carboxylic acids is 1. The van der Waals surface area contributed by atoms with Crippen molar-refractivity contribution in [3.8, 4) is 0 Å². The van der Waals surface area contributed by atoms with Crippen LogP contribution in [0.4, 0.5) is 5.82 Å². The van der Waals surface area contributed by atoms with Gasteiger partial charge in [0.1, 0.15) is 17.3 Å². The predicted octanol–water partition coefficient (Wildman–Crippen LogP) is 2.68. The van der Waals surface area contributed by atoms with E-state index < -0.39 is 0 Å². The van der Waals surface area contributed by atoms with Crippen molar-refractivity contribution < 1.29 is 4.79 Å². The van der Waals surface area contributed by atoms with Crippen molar-refractivity contribution in [2.45, 2.75) is 39.0 Å². The molecule has 6 heteroatoms. The van der Waals surface area contributed by atoms with E-state index in [-0.39, 0.29) is 18.4 Å². The third-order valence-corrected chi connectivity index (χ3v) is 3.83. The number of amides is 1. The summed E-state index contributed by atoms with van der Waals surface area (Å²) in [7, 11) is 0. The number of carbonyl (C=O) groups is 1. The molecule has 1 amide bonds. The monoisotopic (exact) mass is 296 g/mol. The minimum atomic E-state index is 0.120. The van der Waals surface area contributed by atoms with E-state index in [1.165, 1.54) is 12.7 Å². The fourth-order valence-corrected chi connectivity index (χ4v) is 2.79. The molecular formula is C14H21ClN4O. The van der Waals surface area contributed by atoms with Gasteiger partial charge in [-0.25, -0.2) is 9.97 Å². The molecule has 0 spiro atoms. The molecule has 0 aromatic carbocycles. The zero-order valence-corrected chi connectivity index (χ0v) is 12.8. The van der Waals surface area contributed by atoms with Crippen molar-refractivity contribution in [2.75, 3.05) is 25.0 Å². The van der Waals surface area contributed by atoms with E-state index in [0.717, 1.165) is 31.5 Å². The molecule has 0 aliphatic carbocycles. The lowest BCUT2D eigenvalue weighted by molar-refractivity contribution is -0.130. The number of rotatable bonds is 4. The zero-order valence-electron chi connectivity index (χ0n) is 12.0. The van der Waals surface area contributed by atoms with Crippen molar-refractivity contribution in [2.24, 2.45) is 0 Å². The van der Waals surface area contributed by atoms with Crippen molar-refractivity contribution in [3.05, 3.63) is 17.0 Å². The fraction of sp³-hybridized carbons (Fsp3) is 0.643. The summed E-state index contributed by atoms with van der Waals surface area (Å²) in [4.78, 5) is 22.2. The summed E-state index contributed by atoms with van der Waals surface area (Å²) in [6.45, 7) is 6.04. The van der Waals surface area contributed by atoms with Gasteiger partial charge in [0.25, 0.3) is 0 Å². The first-order chi connectivity index (χ1) is 9.59. The van der Waals surface area contributed by atoms with Crippen molar-refractivity contribution >= 4 is 23.3 Å². The molecule has 5 nitrogen and oxygen atoms in total. The minimum Gasteiger partial charge on any atom is -0.361 e. The van der Waals surface area contributed by atoms with Crippen LogP contribution in [0.1, 0.15) is 44.6 Å². The van der Waals surface area contributed by atoms with Crippen molar-refractivity contribution in [1.29, 1.82) is 0 Å². The first-order valence-electron chi connectivity index (χ1n) is 7.11. The van der Waals surface area contributed by atoms with Gasteiger partial charge in [-0.15, -0.1) is 0 Å². The lowest BCUT2D eigenvalue weighted by Gasteiger charge is -2.27. The van der Waals surface area contributed by atoms with Crippen LogP contribution in [0.2, 0.25) is 5.15 Å². The van der Waals surface area contributed by atoms with E-state index in [0.29, 0.717) is 11.0 Å². The Labute approximate surface area is 124 Å². The van der Waals surface area contributed by atoms with Gasteiger partial charge in [0.2, 0.25) is 5.91 Å². The van der Waals surface area contributed by atoms with Crippen molar-refractivity contribution in [1.82, 2.24) is 14.9 Å². The van der Waals surface area contributed by atoms with Gasteiger partial charge in [-0.05, 0) is 25.2 Å². The summed E-state index contributed by atoms with van der Waals surface area (Å²) in [5.74, 6) is 0.982. The molecule has 1 aromatic rings. The molecule has 2 heterocycles. The minimum absolute atomic E-state index is 0.120. The molecule has 1 N–H and O–H groups in total. The van der Waals surface area contributed by atoms with Crippen LogP contribution < -0.4 is 5.32 Å². The highest BCUT2D eigenvalue weighted by molar-refractivity contribution is 6.30. The molecule has 0 radical (unpaired) electrons. The van der Waals surface area contributed by atoms with Crippen LogP contribution in [0.25, 0.3) is 0 Å². The number of hydrogen-bond donors (Lipinski definition) is 1. The zero-order chi connectivity index (χ0) is 14.5. The highest BCUT2D eigenvalue weighted by Crippen LogP contribution is 2.27. The summed E-state index contributed by atoms with van der Waals surface area (Å²) < 4.78 is 0. The number of nitrogens with one attached hydrogen (secondary N) is 1. The Kier molecular flexibility index (Phi) is 5.17. The van der Waals surface area contributed by atoms with Crippen LogP contribution in [0.5, 0.6) is 0 Å². The van der Waals surface area contributed by atoms with Gasteiger partial charge >= 0.3 is 0 Å². The molecule has 0 bridgehead atoms. The summed E-state index contributed by atoms with van der Waals surface area (Å²) in [5, 5.41) is 3.55. The van der Waals surface area contributed by atoms with Gasteiger partial charge in [-0.1, -0.05) is 25.4 Å². The van der Waals surface area contributed by atoms with Crippen LogP contribution in [-0.4, -0.2) is 40.4 Å². The quantitative estimate of drug-likeness (QED) is 0.868. The first-order valence-corrected chi connectivity index (χ1v) is 7.49. The van der Waals surface area contributed by atoms with Crippen LogP contribution in [0.15, 0.2) is 6.33 Å². The normalized spacial score (nSPS) is 15.5. The molecule has 2 rings (SSSR count). The van der Waals surface area contributed by atoms with Crippen molar-refractivity contribution in [3.63, 3.8) is 0 Å². The average Bonchev–Trinajstić information content (AvgIpc) is 2.45. The van der Waals surface area contributed by atoms with Gasteiger partial charge < -0.3 is 10.2 Å². The lowest BCUT2D eigenvalue weighted by atomic mass is 10.1. The molecule has 1 aliphatic heterocycles. The molecule has 0 saturated carbocycles. The second-order valence-corrected chi connectivity index (χ2v) is 5.73. The van der Waals surface area contributed by atoms with Crippen LogP contribution in [0, 0.1) is 0 Å². The fourth-order valence-electron chi connectivity index (χ4n) is 2.44. The van der Waals surface area contributed by atoms with Crippen LogP contribution >= 0.6 is 11.6 Å². The lowest BCUT2D eigenvalue weighted by Crippen LogP contribution is -2.39. The molecule has 1 fully saturated rings. The highest BCUT2D eigenvalue weighted by atomic mass is 35.5.